The molecule has 1 amide bonds. The topological polar surface area (TPSA) is 93.2 Å². The molecule has 1 aromatic heterocycles. The normalized spacial score (nSPS) is 14.0. The Morgan fingerprint density at radius 3 is 2.54 bits per heavy atom. The fourth-order valence-corrected chi connectivity index (χ4v) is 2.95. The largest absolute Gasteiger partial charge is 0.462 e. The van der Waals surface area contributed by atoms with E-state index >= 15 is 0 Å². The monoisotopic (exact) mass is 354 g/mol. The van der Waals surface area contributed by atoms with Crippen LogP contribution in [0.15, 0.2) is 36.7 Å². The quantitative estimate of drug-likeness (QED) is 0.774. The number of hydrogen-bond donors (Lipinski definition) is 2. The van der Waals surface area contributed by atoms with Crippen molar-refractivity contribution in [2.75, 3.05) is 17.2 Å². The Labute approximate surface area is 152 Å². The van der Waals surface area contributed by atoms with Gasteiger partial charge in [0, 0.05) is 18.4 Å². The third kappa shape index (κ3) is 4.36. The maximum atomic E-state index is 12.4. The van der Waals surface area contributed by atoms with E-state index in [2.05, 4.69) is 20.6 Å². The van der Waals surface area contributed by atoms with Gasteiger partial charge in [0.05, 0.1) is 23.4 Å². The van der Waals surface area contributed by atoms with Crippen LogP contribution in [0.2, 0.25) is 0 Å². The van der Waals surface area contributed by atoms with E-state index in [4.69, 9.17) is 4.74 Å². The molecule has 0 radical (unpaired) electrons. The van der Waals surface area contributed by atoms with Crippen LogP contribution in [-0.4, -0.2) is 34.5 Å². The molecule has 0 bridgehead atoms. The molecule has 2 N–H and O–H groups in total. The summed E-state index contributed by atoms with van der Waals surface area (Å²) in [6, 6.07) is 7.13. The first kappa shape index (κ1) is 17.8. The van der Waals surface area contributed by atoms with Crippen LogP contribution in [0.5, 0.6) is 0 Å². The standard InChI is InChI=1S/C19H22N4O3/c1-2-26-18(25)15-9-5-6-10-16(15)23-17(24)13-11-20-19(21-12-13)22-14-7-3-4-8-14/h5-6,9-12,14H,2-4,7-8H2,1H3,(H,23,24)(H,20,21,22). The van der Waals surface area contributed by atoms with Crippen molar-refractivity contribution in [3.05, 3.63) is 47.8 Å². The van der Waals surface area contributed by atoms with Gasteiger partial charge in [-0.15, -0.1) is 0 Å². The van der Waals surface area contributed by atoms with Crippen LogP contribution >= 0.6 is 0 Å². The van der Waals surface area contributed by atoms with Crippen LogP contribution in [0.3, 0.4) is 0 Å². The number of amides is 1. The molecule has 0 unspecified atom stereocenters. The zero-order chi connectivity index (χ0) is 18.4. The van der Waals surface area contributed by atoms with Gasteiger partial charge < -0.3 is 15.4 Å². The molecule has 0 spiro atoms. The average Bonchev–Trinajstić information content (AvgIpc) is 3.16. The van der Waals surface area contributed by atoms with E-state index in [0.717, 1.165) is 12.8 Å². The first-order chi connectivity index (χ1) is 12.7. The highest BCUT2D eigenvalue weighted by atomic mass is 16.5. The second-order valence-electron chi connectivity index (χ2n) is 6.14. The molecule has 1 aliphatic carbocycles. The number of anilines is 2. The third-order valence-corrected chi connectivity index (χ3v) is 4.27. The van der Waals surface area contributed by atoms with Crippen LogP contribution in [0.25, 0.3) is 0 Å². The summed E-state index contributed by atoms with van der Waals surface area (Å²) >= 11 is 0. The van der Waals surface area contributed by atoms with Crippen molar-refractivity contribution in [2.45, 2.75) is 38.6 Å². The average molecular weight is 354 g/mol. The number of para-hydroxylation sites is 1. The van der Waals surface area contributed by atoms with Gasteiger partial charge in [-0.3, -0.25) is 4.79 Å². The predicted octanol–water partition coefficient (Wildman–Crippen LogP) is 3.26. The fourth-order valence-electron chi connectivity index (χ4n) is 2.95. The molecule has 1 saturated carbocycles. The highest BCUT2D eigenvalue weighted by Gasteiger charge is 2.17. The highest BCUT2D eigenvalue weighted by Crippen LogP contribution is 2.21. The summed E-state index contributed by atoms with van der Waals surface area (Å²) in [5.41, 5.74) is 1.02. The van der Waals surface area contributed by atoms with Crippen molar-refractivity contribution in [3.8, 4) is 0 Å². The zero-order valence-corrected chi connectivity index (χ0v) is 14.7. The molecule has 1 aromatic carbocycles. The SMILES string of the molecule is CCOC(=O)c1ccccc1NC(=O)c1cnc(NC2CCCC2)nc1. The summed E-state index contributed by atoms with van der Waals surface area (Å²) in [5, 5.41) is 6.00. The Morgan fingerprint density at radius 2 is 1.85 bits per heavy atom. The van der Waals surface area contributed by atoms with Crippen molar-refractivity contribution in [3.63, 3.8) is 0 Å². The molecule has 2 aromatic rings. The Hall–Kier alpha value is -2.96. The molecule has 7 heteroatoms. The number of benzene rings is 1. The Bertz CT molecular complexity index is 771. The third-order valence-electron chi connectivity index (χ3n) is 4.27. The van der Waals surface area contributed by atoms with E-state index in [9.17, 15) is 9.59 Å². The lowest BCUT2D eigenvalue weighted by molar-refractivity contribution is 0.0527. The van der Waals surface area contributed by atoms with Gasteiger partial charge >= 0.3 is 5.97 Å². The summed E-state index contributed by atoms with van der Waals surface area (Å²) in [4.78, 5) is 32.9. The number of carbonyl (C=O) groups excluding carboxylic acids is 2. The van der Waals surface area contributed by atoms with Crippen molar-refractivity contribution < 1.29 is 14.3 Å². The molecule has 136 valence electrons. The van der Waals surface area contributed by atoms with E-state index in [1.54, 1.807) is 31.2 Å². The first-order valence-electron chi connectivity index (χ1n) is 8.83. The van der Waals surface area contributed by atoms with Crippen molar-refractivity contribution in [1.82, 2.24) is 9.97 Å². The van der Waals surface area contributed by atoms with E-state index < -0.39 is 5.97 Å². The molecule has 0 saturated heterocycles. The number of rotatable bonds is 6. The molecule has 26 heavy (non-hydrogen) atoms. The van der Waals surface area contributed by atoms with Crippen molar-refractivity contribution >= 4 is 23.5 Å². The van der Waals surface area contributed by atoms with Gasteiger partial charge in [-0.2, -0.15) is 0 Å². The number of nitrogens with zero attached hydrogens (tertiary/aromatic N) is 2. The highest BCUT2D eigenvalue weighted by molar-refractivity contribution is 6.07. The first-order valence-corrected chi connectivity index (χ1v) is 8.83. The van der Waals surface area contributed by atoms with E-state index in [1.165, 1.54) is 25.2 Å². The summed E-state index contributed by atoms with van der Waals surface area (Å²) < 4.78 is 5.01. The van der Waals surface area contributed by atoms with E-state index in [0.29, 0.717) is 28.8 Å². The van der Waals surface area contributed by atoms with Gasteiger partial charge in [0.25, 0.3) is 5.91 Å². The Balaban J connectivity index is 1.67. The summed E-state index contributed by atoms with van der Waals surface area (Å²) in [5.74, 6) is -0.328. The molecule has 1 fully saturated rings. The van der Waals surface area contributed by atoms with Crippen LogP contribution in [0.1, 0.15) is 53.3 Å². The van der Waals surface area contributed by atoms with Gasteiger partial charge in [-0.05, 0) is 31.9 Å². The molecule has 1 aliphatic rings. The van der Waals surface area contributed by atoms with Crippen LogP contribution < -0.4 is 10.6 Å². The molecule has 3 rings (SSSR count). The number of carbonyl (C=O) groups is 2. The van der Waals surface area contributed by atoms with Gasteiger partial charge in [0.2, 0.25) is 5.95 Å². The number of aromatic nitrogens is 2. The van der Waals surface area contributed by atoms with E-state index in [-0.39, 0.29) is 12.5 Å². The van der Waals surface area contributed by atoms with Crippen molar-refractivity contribution in [2.24, 2.45) is 0 Å². The lowest BCUT2D eigenvalue weighted by Crippen LogP contribution is -2.18. The molecule has 7 nitrogen and oxygen atoms in total. The molecule has 1 heterocycles. The zero-order valence-electron chi connectivity index (χ0n) is 14.7. The summed E-state index contributed by atoms with van der Waals surface area (Å²) in [7, 11) is 0. The minimum Gasteiger partial charge on any atom is -0.462 e. The van der Waals surface area contributed by atoms with Gasteiger partial charge in [-0.25, -0.2) is 14.8 Å². The van der Waals surface area contributed by atoms with E-state index in [1.807, 2.05) is 0 Å². The summed E-state index contributed by atoms with van der Waals surface area (Å²) in [6.07, 6.45) is 7.64. The second kappa shape index (κ2) is 8.42. The minimum absolute atomic E-state index is 0.268. The van der Waals surface area contributed by atoms with Crippen LogP contribution in [-0.2, 0) is 4.74 Å². The Morgan fingerprint density at radius 1 is 1.15 bits per heavy atom. The van der Waals surface area contributed by atoms with Crippen LogP contribution in [0.4, 0.5) is 11.6 Å². The lowest BCUT2D eigenvalue weighted by Gasteiger charge is -2.12. The van der Waals surface area contributed by atoms with Gasteiger partial charge in [0.1, 0.15) is 0 Å². The minimum atomic E-state index is -0.476. The molecular weight excluding hydrogens is 332 g/mol. The maximum Gasteiger partial charge on any atom is 0.340 e. The van der Waals surface area contributed by atoms with Crippen molar-refractivity contribution in [1.29, 1.82) is 0 Å². The molecule has 0 aliphatic heterocycles. The second-order valence-corrected chi connectivity index (χ2v) is 6.14. The molecule has 0 atom stereocenters. The maximum absolute atomic E-state index is 12.4. The molecular formula is C19H22N4O3. The van der Waals surface area contributed by atoms with Gasteiger partial charge in [-0.1, -0.05) is 25.0 Å². The fraction of sp³-hybridized carbons (Fsp3) is 0.368. The lowest BCUT2D eigenvalue weighted by atomic mass is 10.1. The number of esters is 1. The smallest absolute Gasteiger partial charge is 0.340 e. The number of hydrogen-bond acceptors (Lipinski definition) is 6. The number of nitrogens with one attached hydrogen (secondary N) is 2. The number of ether oxygens (including phenoxy) is 1. The summed E-state index contributed by atoms with van der Waals surface area (Å²) in [6.45, 7) is 2.00. The Kier molecular flexibility index (Phi) is 5.78. The predicted molar refractivity (Wildman–Crippen MR) is 98.3 cm³/mol. The van der Waals surface area contributed by atoms with Crippen LogP contribution in [0, 0.1) is 0 Å². The van der Waals surface area contributed by atoms with Gasteiger partial charge in [0.15, 0.2) is 0 Å².